The molecule has 1 unspecified atom stereocenters. The average Bonchev–Trinajstić information content (AvgIpc) is 1.82. The van der Waals surface area contributed by atoms with E-state index < -0.39 is 5.97 Å². The molecule has 0 heterocycles. The van der Waals surface area contributed by atoms with Gasteiger partial charge in [-0.05, 0) is 26.4 Å². The summed E-state index contributed by atoms with van der Waals surface area (Å²) in [6.07, 6.45) is 1.06. The number of halogens is 1. The van der Waals surface area contributed by atoms with E-state index in [-0.39, 0.29) is 18.8 Å². The fraction of sp³-hybridized carbons (Fsp3) is 0.875. The predicted molar refractivity (Wildman–Crippen MR) is 51.8 cm³/mol. The van der Waals surface area contributed by atoms with Crippen molar-refractivity contribution in [3.63, 3.8) is 0 Å². The standard InChI is InChI=1S/C8H17NO2.ClH/c1-7(6-9(2)3)4-5-8(10)11;/h7H,4-6H2,1-3H3,(H,10,11);1H. The van der Waals surface area contributed by atoms with Gasteiger partial charge in [-0.2, -0.15) is 0 Å². The lowest BCUT2D eigenvalue weighted by Gasteiger charge is -2.15. The van der Waals surface area contributed by atoms with Crippen molar-refractivity contribution in [1.29, 1.82) is 0 Å². The number of hydrogen-bond donors (Lipinski definition) is 1. The number of carboxylic acids is 1. The van der Waals surface area contributed by atoms with Crippen LogP contribution in [0.3, 0.4) is 0 Å². The Bertz CT molecular complexity index is 128. The Morgan fingerprint density at radius 3 is 2.33 bits per heavy atom. The predicted octanol–water partition coefficient (Wildman–Crippen LogP) is 1.47. The molecule has 0 aromatic rings. The first-order chi connectivity index (χ1) is 5.02. The van der Waals surface area contributed by atoms with E-state index in [2.05, 4.69) is 11.8 Å². The Labute approximate surface area is 80.2 Å². The minimum atomic E-state index is -0.699. The lowest BCUT2D eigenvalue weighted by atomic mass is 10.1. The van der Waals surface area contributed by atoms with E-state index in [4.69, 9.17) is 5.11 Å². The second kappa shape index (κ2) is 7.37. The van der Waals surface area contributed by atoms with Crippen LogP contribution in [-0.2, 0) is 4.79 Å². The van der Waals surface area contributed by atoms with Crippen molar-refractivity contribution in [2.75, 3.05) is 20.6 Å². The third-order valence-electron chi connectivity index (χ3n) is 1.53. The van der Waals surface area contributed by atoms with Gasteiger partial charge in [0.25, 0.3) is 0 Å². The zero-order chi connectivity index (χ0) is 8.85. The molecule has 0 aliphatic carbocycles. The molecular weight excluding hydrogens is 178 g/mol. The van der Waals surface area contributed by atoms with Gasteiger partial charge in [-0.15, -0.1) is 12.4 Å². The van der Waals surface area contributed by atoms with Crippen LogP contribution in [0.1, 0.15) is 19.8 Å². The average molecular weight is 196 g/mol. The molecule has 0 bridgehead atoms. The highest BCUT2D eigenvalue weighted by Gasteiger charge is 2.05. The summed E-state index contributed by atoms with van der Waals surface area (Å²) in [7, 11) is 3.99. The first-order valence-electron chi connectivity index (χ1n) is 3.89. The van der Waals surface area contributed by atoms with Gasteiger partial charge in [0.05, 0.1) is 0 Å². The van der Waals surface area contributed by atoms with Gasteiger partial charge >= 0.3 is 5.97 Å². The quantitative estimate of drug-likeness (QED) is 0.723. The van der Waals surface area contributed by atoms with Crippen LogP contribution in [0.25, 0.3) is 0 Å². The number of hydrogen-bond acceptors (Lipinski definition) is 2. The lowest BCUT2D eigenvalue weighted by molar-refractivity contribution is -0.137. The molecule has 0 rings (SSSR count). The zero-order valence-corrected chi connectivity index (χ0v) is 8.73. The van der Waals surface area contributed by atoms with Gasteiger partial charge in [0.15, 0.2) is 0 Å². The van der Waals surface area contributed by atoms with Crippen LogP contribution in [-0.4, -0.2) is 36.6 Å². The molecule has 0 saturated carbocycles. The van der Waals surface area contributed by atoms with E-state index in [1.54, 1.807) is 0 Å². The number of nitrogens with zero attached hydrogens (tertiary/aromatic N) is 1. The molecule has 0 aliphatic rings. The van der Waals surface area contributed by atoms with E-state index >= 15 is 0 Å². The normalized spacial score (nSPS) is 12.3. The van der Waals surface area contributed by atoms with Crippen molar-refractivity contribution in [3.05, 3.63) is 0 Å². The minimum absolute atomic E-state index is 0. The van der Waals surface area contributed by atoms with E-state index in [0.717, 1.165) is 13.0 Å². The molecule has 0 radical (unpaired) electrons. The Hall–Kier alpha value is -0.280. The highest BCUT2D eigenvalue weighted by Crippen LogP contribution is 2.05. The van der Waals surface area contributed by atoms with Gasteiger partial charge in [0.1, 0.15) is 0 Å². The molecule has 0 aliphatic heterocycles. The molecule has 74 valence electrons. The molecule has 12 heavy (non-hydrogen) atoms. The third-order valence-corrected chi connectivity index (χ3v) is 1.53. The Kier molecular flexibility index (Phi) is 8.76. The van der Waals surface area contributed by atoms with Gasteiger partial charge in [0, 0.05) is 13.0 Å². The summed E-state index contributed by atoms with van der Waals surface area (Å²) in [6, 6.07) is 0. The molecule has 0 spiro atoms. The number of carboxylic acid groups (broad SMARTS) is 1. The maximum atomic E-state index is 10.2. The Balaban J connectivity index is 0. The molecule has 0 saturated heterocycles. The molecule has 1 N–H and O–H groups in total. The number of aliphatic carboxylic acids is 1. The molecule has 1 atom stereocenters. The summed E-state index contributed by atoms with van der Waals surface area (Å²) < 4.78 is 0. The first kappa shape index (κ1) is 14.3. The van der Waals surface area contributed by atoms with Gasteiger partial charge in [-0.3, -0.25) is 4.79 Å². The summed E-state index contributed by atoms with van der Waals surface area (Å²) >= 11 is 0. The lowest BCUT2D eigenvalue weighted by Crippen LogP contribution is -2.20. The molecular formula is C8H18ClNO2. The van der Waals surface area contributed by atoms with E-state index in [9.17, 15) is 4.79 Å². The largest absolute Gasteiger partial charge is 0.481 e. The summed E-state index contributed by atoms with van der Waals surface area (Å²) in [5.41, 5.74) is 0. The van der Waals surface area contributed by atoms with Crippen molar-refractivity contribution in [2.45, 2.75) is 19.8 Å². The molecule has 4 heteroatoms. The van der Waals surface area contributed by atoms with Crippen LogP contribution < -0.4 is 0 Å². The van der Waals surface area contributed by atoms with Crippen molar-refractivity contribution >= 4 is 18.4 Å². The van der Waals surface area contributed by atoms with Crippen molar-refractivity contribution < 1.29 is 9.90 Å². The smallest absolute Gasteiger partial charge is 0.303 e. The molecule has 3 nitrogen and oxygen atoms in total. The fourth-order valence-electron chi connectivity index (χ4n) is 1.08. The highest BCUT2D eigenvalue weighted by molar-refractivity contribution is 5.85. The summed E-state index contributed by atoms with van der Waals surface area (Å²) in [6.45, 7) is 3.04. The van der Waals surface area contributed by atoms with Gasteiger partial charge in [-0.1, -0.05) is 6.92 Å². The second-order valence-electron chi connectivity index (χ2n) is 3.30. The van der Waals surface area contributed by atoms with Crippen LogP contribution in [0.15, 0.2) is 0 Å². The van der Waals surface area contributed by atoms with Crippen LogP contribution >= 0.6 is 12.4 Å². The van der Waals surface area contributed by atoms with Gasteiger partial charge in [-0.25, -0.2) is 0 Å². The van der Waals surface area contributed by atoms with E-state index in [0.29, 0.717) is 5.92 Å². The second-order valence-corrected chi connectivity index (χ2v) is 3.30. The first-order valence-corrected chi connectivity index (χ1v) is 3.89. The highest BCUT2D eigenvalue weighted by atomic mass is 35.5. The summed E-state index contributed by atoms with van der Waals surface area (Å²) in [4.78, 5) is 12.3. The zero-order valence-electron chi connectivity index (χ0n) is 7.91. The summed E-state index contributed by atoms with van der Waals surface area (Å²) in [5, 5.41) is 8.38. The van der Waals surface area contributed by atoms with Crippen molar-refractivity contribution in [1.82, 2.24) is 4.90 Å². The monoisotopic (exact) mass is 195 g/mol. The molecule has 0 amide bonds. The number of carbonyl (C=O) groups is 1. The summed E-state index contributed by atoms with van der Waals surface area (Å²) in [5.74, 6) is -0.225. The topological polar surface area (TPSA) is 40.5 Å². The van der Waals surface area contributed by atoms with Crippen LogP contribution in [0.5, 0.6) is 0 Å². The van der Waals surface area contributed by atoms with E-state index in [1.165, 1.54) is 0 Å². The van der Waals surface area contributed by atoms with E-state index in [1.807, 2.05) is 14.1 Å². The fourth-order valence-corrected chi connectivity index (χ4v) is 1.08. The number of rotatable bonds is 5. The van der Waals surface area contributed by atoms with Gasteiger partial charge in [0.2, 0.25) is 0 Å². The molecule has 0 aromatic carbocycles. The van der Waals surface area contributed by atoms with Gasteiger partial charge < -0.3 is 10.0 Å². The molecule has 0 fully saturated rings. The maximum Gasteiger partial charge on any atom is 0.303 e. The van der Waals surface area contributed by atoms with Crippen molar-refractivity contribution in [3.8, 4) is 0 Å². The Morgan fingerprint density at radius 1 is 1.50 bits per heavy atom. The Morgan fingerprint density at radius 2 is 2.00 bits per heavy atom. The molecule has 0 aromatic heterocycles. The third kappa shape index (κ3) is 9.72. The maximum absolute atomic E-state index is 10.2. The van der Waals surface area contributed by atoms with Crippen LogP contribution in [0, 0.1) is 5.92 Å². The SMILES string of the molecule is CC(CCC(=O)O)CN(C)C.Cl. The van der Waals surface area contributed by atoms with Crippen molar-refractivity contribution in [2.24, 2.45) is 5.92 Å². The minimum Gasteiger partial charge on any atom is -0.481 e. The van der Waals surface area contributed by atoms with Crippen LogP contribution in [0.2, 0.25) is 0 Å². The van der Waals surface area contributed by atoms with Crippen LogP contribution in [0.4, 0.5) is 0 Å².